The molecule has 180 valence electrons. The van der Waals surface area contributed by atoms with Gasteiger partial charge in [0.25, 0.3) is 11.6 Å². The number of carbonyl (C=O) groups excluding carboxylic acids is 1. The standard InChI is InChI=1S/C24H26ClN3O5S/c1-3-27(4-2)23(29)13-9-10-16-14(11-13)20-15(22(26-16)24(30)31)12-19(21(20)25)34-18-8-6-5-7-17(18)28(32)33/h5-11,15,19-22,26H,3-4,12H2,1-2H3,(H,30,31)/t15-,19+,20-,21+,22-/m1/s1. The van der Waals surface area contributed by atoms with Crippen molar-refractivity contribution in [3.8, 4) is 0 Å². The average Bonchev–Trinajstić information content (AvgIpc) is 3.15. The van der Waals surface area contributed by atoms with Crippen LogP contribution < -0.4 is 5.32 Å². The van der Waals surface area contributed by atoms with Crippen LogP contribution in [0.1, 0.15) is 42.1 Å². The first kappa shape index (κ1) is 24.3. The van der Waals surface area contributed by atoms with Crippen LogP contribution in [0.25, 0.3) is 0 Å². The van der Waals surface area contributed by atoms with Crippen LogP contribution in [0.2, 0.25) is 0 Å². The van der Waals surface area contributed by atoms with Crippen LogP contribution >= 0.6 is 23.4 Å². The number of carbonyl (C=O) groups is 2. The van der Waals surface area contributed by atoms with Crippen molar-refractivity contribution < 1.29 is 19.6 Å². The number of nitrogens with one attached hydrogen (secondary N) is 1. The minimum Gasteiger partial charge on any atom is -0.480 e. The average molecular weight is 504 g/mol. The van der Waals surface area contributed by atoms with Gasteiger partial charge in [-0.05, 0) is 56.0 Å². The van der Waals surface area contributed by atoms with Crippen LogP contribution in [0.5, 0.6) is 0 Å². The number of anilines is 1. The van der Waals surface area contributed by atoms with E-state index in [1.807, 2.05) is 19.9 Å². The highest BCUT2D eigenvalue weighted by Crippen LogP contribution is 2.55. The van der Waals surface area contributed by atoms with E-state index in [2.05, 4.69) is 5.32 Å². The summed E-state index contributed by atoms with van der Waals surface area (Å²) in [4.78, 5) is 38.3. The Kier molecular flexibility index (Phi) is 7.04. The molecule has 1 heterocycles. The van der Waals surface area contributed by atoms with Crippen molar-refractivity contribution in [1.82, 2.24) is 4.90 Å². The zero-order valence-electron chi connectivity index (χ0n) is 18.8. The molecule has 5 atom stereocenters. The number of para-hydroxylation sites is 1. The van der Waals surface area contributed by atoms with Gasteiger partial charge in [0.1, 0.15) is 6.04 Å². The Balaban J connectivity index is 1.70. The number of nitro benzene ring substituents is 1. The highest BCUT2D eigenvalue weighted by molar-refractivity contribution is 8.00. The van der Waals surface area contributed by atoms with Crippen LogP contribution in [0, 0.1) is 16.0 Å². The Morgan fingerprint density at radius 1 is 1.24 bits per heavy atom. The van der Waals surface area contributed by atoms with E-state index in [0.29, 0.717) is 35.7 Å². The van der Waals surface area contributed by atoms with Gasteiger partial charge in [0.05, 0.1) is 15.2 Å². The first-order valence-corrected chi connectivity index (χ1v) is 12.5. The van der Waals surface area contributed by atoms with Crippen LogP contribution in [0.3, 0.4) is 0 Å². The normalized spacial score (nSPS) is 25.1. The molecule has 4 rings (SSSR count). The molecule has 8 nitrogen and oxygen atoms in total. The van der Waals surface area contributed by atoms with Gasteiger partial charge in [0.15, 0.2) is 0 Å². The maximum Gasteiger partial charge on any atom is 0.326 e. The minimum atomic E-state index is -0.968. The highest BCUT2D eigenvalue weighted by Gasteiger charge is 2.52. The summed E-state index contributed by atoms with van der Waals surface area (Å²) in [5.74, 6) is -1.67. The third kappa shape index (κ3) is 4.34. The fraction of sp³-hybridized carbons (Fsp3) is 0.417. The fourth-order valence-electron chi connectivity index (χ4n) is 5.06. The van der Waals surface area contributed by atoms with Crippen molar-refractivity contribution in [2.75, 3.05) is 18.4 Å². The molecule has 2 aliphatic rings. The van der Waals surface area contributed by atoms with E-state index in [0.717, 1.165) is 5.56 Å². The molecule has 1 saturated carbocycles. The smallest absolute Gasteiger partial charge is 0.326 e. The van der Waals surface area contributed by atoms with Gasteiger partial charge in [-0.15, -0.1) is 23.4 Å². The molecule has 0 bridgehead atoms. The maximum atomic E-state index is 13.0. The molecule has 2 N–H and O–H groups in total. The highest BCUT2D eigenvalue weighted by atomic mass is 35.5. The summed E-state index contributed by atoms with van der Waals surface area (Å²) in [5, 5.41) is 23.8. The number of amides is 1. The quantitative estimate of drug-likeness (QED) is 0.316. The van der Waals surface area contributed by atoms with E-state index < -0.39 is 22.3 Å². The molecule has 0 saturated heterocycles. The molecule has 2 aromatic rings. The molecule has 0 spiro atoms. The van der Waals surface area contributed by atoms with Gasteiger partial charge in [-0.1, -0.05) is 12.1 Å². The number of halogens is 1. The summed E-state index contributed by atoms with van der Waals surface area (Å²) < 4.78 is 0. The second kappa shape index (κ2) is 9.84. The summed E-state index contributed by atoms with van der Waals surface area (Å²) in [6, 6.07) is 11.0. The van der Waals surface area contributed by atoms with E-state index >= 15 is 0 Å². The van der Waals surface area contributed by atoms with Crippen LogP contribution in [0.4, 0.5) is 11.4 Å². The van der Waals surface area contributed by atoms with Crippen LogP contribution in [0.15, 0.2) is 47.4 Å². The number of thioether (sulfide) groups is 1. The van der Waals surface area contributed by atoms with Crippen molar-refractivity contribution in [3.05, 3.63) is 63.7 Å². The summed E-state index contributed by atoms with van der Waals surface area (Å²) >= 11 is 8.30. The molecule has 0 unspecified atom stereocenters. The summed E-state index contributed by atoms with van der Waals surface area (Å²) in [5.41, 5.74) is 2.03. The second-order valence-electron chi connectivity index (χ2n) is 8.49. The molecule has 10 heteroatoms. The van der Waals surface area contributed by atoms with E-state index in [1.165, 1.54) is 17.8 Å². The summed E-state index contributed by atoms with van der Waals surface area (Å²) in [6.45, 7) is 5.02. The van der Waals surface area contributed by atoms with Gasteiger partial charge >= 0.3 is 5.97 Å². The monoisotopic (exact) mass is 503 g/mol. The third-order valence-electron chi connectivity index (χ3n) is 6.72. The molecule has 0 aromatic heterocycles. The number of alkyl halides is 1. The van der Waals surface area contributed by atoms with Crippen molar-refractivity contribution in [2.45, 2.75) is 47.8 Å². The second-order valence-corrected chi connectivity index (χ2v) is 10.3. The number of rotatable bonds is 7. The number of fused-ring (bicyclic) bond motifs is 3. The van der Waals surface area contributed by atoms with Gasteiger partial charge in [0, 0.05) is 41.6 Å². The van der Waals surface area contributed by atoms with Crippen molar-refractivity contribution in [2.24, 2.45) is 5.92 Å². The minimum absolute atomic E-state index is 0.00616. The Morgan fingerprint density at radius 2 is 1.94 bits per heavy atom. The van der Waals surface area contributed by atoms with Gasteiger partial charge in [0.2, 0.25) is 0 Å². The zero-order chi connectivity index (χ0) is 24.6. The Hall–Kier alpha value is -2.78. The Bertz CT molecular complexity index is 1130. The molecule has 0 radical (unpaired) electrons. The predicted molar refractivity (Wildman–Crippen MR) is 132 cm³/mol. The number of hydrogen-bond acceptors (Lipinski definition) is 6. The summed E-state index contributed by atoms with van der Waals surface area (Å²) in [6.07, 6.45) is 0.479. The van der Waals surface area contributed by atoms with Gasteiger partial charge < -0.3 is 15.3 Å². The SMILES string of the molecule is CCN(CC)C(=O)c1ccc2c(c1)[C@H]1[C@@H](Cl)[C@@H](Sc3ccccc3[N+](=O)[O-])C[C@H]1[C@H](C(=O)O)N2. The van der Waals surface area contributed by atoms with E-state index in [9.17, 15) is 24.8 Å². The molecule has 1 aliphatic heterocycles. The lowest BCUT2D eigenvalue weighted by Crippen LogP contribution is -2.42. The molecular weight excluding hydrogens is 478 g/mol. The Labute approximate surface area is 206 Å². The van der Waals surface area contributed by atoms with Crippen molar-refractivity contribution in [1.29, 1.82) is 0 Å². The first-order chi connectivity index (χ1) is 16.3. The third-order valence-corrected chi connectivity index (χ3v) is 8.83. The zero-order valence-corrected chi connectivity index (χ0v) is 20.4. The van der Waals surface area contributed by atoms with E-state index in [4.69, 9.17) is 11.6 Å². The van der Waals surface area contributed by atoms with Crippen molar-refractivity contribution in [3.63, 3.8) is 0 Å². The molecule has 2 aromatic carbocycles. The summed E-state index contributed by atoms with van der Waals surface area (Å²) in [7, 11) is 0. The fourth-order valence-corrected chi connectivity index (χ4v) is 7.00. The number of aliphatic carboxylic acids is 1. The number of carboxylic acid groups (broad SMARTS) is 1. The Morgan fingerprint density at radius 3 is 2.59 bits per heavy atom. The molecule has 34 heavy (non-hydrogen) atoms. The van der Waals surface area contributed by atoms with Crippen molar-refractivity contribution >= 4 is 46.6 Å². The van der Waals surface area contributed by atoms with Crippen LogP contribution in [-0.2, 0) is 4.79 Å². The van der Waals surface area contributed by atoms with Gasteiger partial charge in [-0.3, -0.25) is 14.9 Å². The molecule has 1 amide bonds. The molecule has 1 fully saturated rings. The number of hydrogen-bond donors (Lipinski definition) is 2. The topological polar surface area (TPSA) is 113 Å². The van der Waals surface area contributed by atoms with Gasteiger partial charge in [-0.25, -0.2) is 4.79 Å². The lowest BCUT2D eigenvalue weighted by atomic mass is 9.79. The molecular formula is C24H26ClN3O5S. The maximum absolute atomic E-state index is 13.0. The molecule has 1 aliphatic carbocycles. The van der Waals surface area contributed by atoms with E-state index in [-0.39, 0.29) is 28.7 Å². The number of nitrogens with zero attached hydrogens (tertiary/aromatic N) is 2. The van der Waals surface area contributed by atoms with Crippen LogP contribution in [-0.4, -0.2) is 56.6 Å². The largest absolute Gasteiger partial charge is 0.480 e. The van der Waals surface area contributed by atoms with E-state index in [1.54, 1.807) is 35.2 Å². The number of carboxylic acids is 1. The number of nitro groups is 1. The first-order valence-electron chi connectivity index (χ1n) is 11.2. The number of benzene rings is 2. The lowest BCUT2D eigenvalue weighted by Gasteiger charge is -2.36. The van der Waals surface area contributed by atoms with Gasteiger partial charge in [-0.2, -0.15) is 0 Å². The lowest BCUT2D eigenvalue weighted by molar-refractivity contribution is -0.387. The predicted octanol–water partition coefficient (Wildman–Crippen LogP) is 4.83.